The Bertz CT molecular complexity index is 712. The van der Waals surface area contributed by atoms with E-state index in [0.717, 1.165) is 12.0 Å². The van der Waals surface area contributed by atoms with Crippen molar-refractivity contribution in [1.29, 1.82) is 0 Å². The van der Waals surface area contributed by atoms with Crippen LogP contribution in [-0.4, -0.2) is 8.42 Å². The normalized spacial score (nSPS) is 11.3. The molecule has 2 aromatic rings. The maximum Gasteiger partial charge on any atom is 0.263 e. The van der Waals surface area contributed by atoms with Crippen molar-refractivity contribution in [1.82, 2.24) is 0 Å². The highest BCUT2D eigenvalue weighted by Gasteiger charge is 2.17. The lowest BCUT2D eigenvalue weighted by Gasteiger charge is -2.11. The number of nitrogens with one attached hydrogen (secondary N) is 1. The molecule has 20 heavy (non-hydrogen) atoms. The quantitative estimate of drug-likeness (QED) is 0.826. The minimum absolute atomic E-state index is 0.0615. The molecule has 0 aliphatic carbocycles. The lowest BCUT2D eigenvalue weighted by Crippen LogP contribution is -2.14. The van der Waals surface area contributed by atoms with Gasteiger partial charge in [0.05, 0.1) is 5.69 Å². The highest BCUT2D eigenvalue weighted by Crippen LogP contribution is 2.25. The monoisotopic (exact) mass is 354 g/mol. The Kier molecular flexibility index (Phi) is 4.35. The molecule has 0 saturated carbocycles. The van der Waals surface area contributed by atoms with Crippen LogP contribution in [0.15, 0.2) is 51.8 Å². The zero-order valence-electron chi connectivity index (χ0n) is 10.9. The molecule has 0 radical (unpaired) electrons. The van der Waals surface area contributed by atoms with Crippen molar-refractivity contribution in [3.8, 4) is 0 Å². The SMILES string of the molecule is CCc1ccc(NS(=O)(=O)c2cc(Br)ccc2N)cc1. The van der Waals surface area contributed by atoms with Gasteiger partial charge in [0.1, 0.15) is 4.90 Å². The minimum Gasteiger partial charge on any atom is -0.398 e. The summed E-state index contributed by atoms with van der Waals surface area (Å²) in [7, 11) is -3.69. The number of halogens is 1. The van der Waals surface area contributed by atoms with Crippen LogP contribution in [0.4, 0.5) is 11.4 Å². The minimum atomic E-state index is -3.69. The van der Waals surface area contributed by atoms with Gasteiger partial charge in [-0.05, 0) is 42.3 Å². The van der Waals surface area contributed by atoms with Crippen LogP contribution in [0.1, 0.15) is 12.5 Å². The first kappa shape index (κ1) is 14.9. The highest BCUT2D eigenvalue weighted by molar-refractivity contribution is 9.10. The fraction of sp³-hybridized carbons (Fsp3) is 0.143. The molecule has 0 aliphatic rings. The molecular formula is C14H15BrN2O2S. The largest absolute Gasteiger partial charge is 0.398 e. The van der Waals surface area contributed by atoms with Crippen molar-refractivity contribution in [2.75, 3.05) is 10.5 Å². The second-order valence-electron chi connectivity index (χ2n) is 4.34. The molecule has 4 nitrogen and oxygen atoms in total. The molecule has 0 fully saturated rings. The van der Waals surface area contributed by atoms with Crippen LogP contribution < -0.4 is 10.5 Å². The summed E-state index contributed by atoms with van der Waals surface area (Å²) in [4.78, 5) is 0.0615. The van der Waals surface area contributed by atoms with Gasteiger partial charge in [0.25, 0.3) is 10.0 Å². The van der Waals surface area contributed by atoms with Crippen molar-refractivity contribution < 1.29 is 8.42 Å². The number of benzene rings is 2. The Hall–Kier alpha value is -1.53. The van der Waals surface area contributed by atoms with Crippen LogP contribution in [-0.2, 0) is 16.4 Å². The molecule has 0 aromatic heterocycles. The van der Waals surface area contributed by atoms with Crippen LogP contribution >= 0.6 is 15.9 Å². The molecule has 2 aromatic carbocycles. The molecule has 0 spiro atoms. The first-order valence-corrected chi connectivity index (χ1v) is 8.37. The molecule has 0 heterocycles. The van der Waals surface area contributed by atoms with E-state index in [1.807, 2.05) is 19.1 Å². The average molecular weight is 355 g/mol. The molecule has 0 bridgehead atoms. The van der Waals surface area contributed by atoms with Crippen LogP contribution in [0.3, 0.4) is 0 Å². The van der Waals surface area contributed by atoms with Gasteiger partial charge in [-0.25, -0.2) is 8.42 Å². The van der Waals surface area contributed by atoms with Gasteiger partial charge in [-0.3, -0.25) is 4.72 Å². The Balaban J connectivity index is 2.32. The van der Waals surface area contributed by atoms with Crippen LogP contribution in [0.5, 0.6) is 0 Å². The summed E-state index contributed by atoms with van der Waals surface area (Å²) in [6.45, 7) is 2.04. The number of nitrogen functional groups attached to an aromatic ring is 1. The van der Waals surface area contributed by atoms with Gasteiger partial charge in [0, 0.05) is 10.2 Å². The van der Waals surface area contributed by atoms with Crippen LogP contribution in [0, 0.1) is 0 Å². The van der Waals surface area contributed by atoms with Gasteiger partial charge in [0.2, 0.25) is 0 Å². The van der Waals surface area contributed by atoms with Crippen molar-refractivity contribution >= 4 is 37.3 Å². The zero-order chi connectivity index (χ0) is 14.8. The van der Waals surface area contributed by atoms with Crippen molar-refractivity contribution in [2.45, 2.75) is 18.2 Å². The number of nitrogens with two attached hydrogens (primary N) is 1. The van der Waals surface area contributed by atoms with Crippen LogP contribution in [0.25, 0.3) is 0 Å². The van der Waals surface area contributed by atoms with E-state index in [9.17, 15) is 8.42 Å². The van der Waals surface area contributed by atoms with E-state index in [0.29, 0.717) is 10.2 Å². The number of aryl methyl sites for hydroxylation is 1. The molecular weight excluding hydrogens is 340 g/mol. The summed E-state index contributed by atoms with van der Waals surface area (Å²) in [5.41, 5.74) is 7.61. The Morgan fingerprint density at radius 3 is 2.40 bits per heavy atom. The molecule has 0 aliphatic heterocycles. The Morgan fingerprint density at radius 1 is 1.15 bits per heavy atom. The Morgan fingerprint density at radius 2 is 1.80 bits per heavy atom. The van der Waals surface area contributed by atoms with Gasteiger partial charge in [0.15, 0.2) is 0 Å². The van der Waals surface area contributed by atoms with Gasteiger partial charge in [-0.1, -0.05) is 35.0 Å². The third-order valence-electron chi connectivity index (χ3n) is 2.88. The summed E-state index contributed by atoms with van der Waals surface area (Å²) in [5, 5.41) is 0. The number of hydrogen-bond donors (Lipinski definition) is 2. The number of rotatable bonds is 4. The van der Waals surface area contributed by atoms with E-state index in [-0.39, 0.29) is 10.6 Å². The third-order valence-corrected chi connectivity index (χ3v) is 4.81. The smallest absolute Gasteiger partial charge is 0.263 e. The predicted molar refractivity (Wildman–Crippen MR) is 85.2 cm³/mol. The number of anilines is 2. The van der Waals surface area contributed by atoms with Gasteiger partial charge in [-0.2, -0.15) is 0 Å². The van der Waals surface area contributed by atoms with E-state index in [2.05, 4.69) is 20.7 Å². The molecule has 6 heteroatoms. The fourth-order valence-electron chi connectivity index (χ4n) is 1.76. The maximum atomic E-state index is 12.3. The molecule has 0 saturated heterocycles. The lowest BCUT2D eigenvalue weighted by atomic mass is 10.2. The maximum absolute atomic E-state index is 12.3. The van der Waals surface area contributed by atoms with E-state index in [1.165, 1.54) is 6.07 Å². The van der Waals surface area contributed by atoms with Crippen LogP contribution in [0.2, 0.25) is 0 Å². The summed E-state index contributed by atoms with van der Waals surface area (Å²) in [5.74, 6) is 0. The molecule has 0 amide bonds. The molecule has 0 atom stereocenters. The average Bonchev–Trinajstić information content (AvgIpc) is 2.42. The van der Waals surface area contributed by atoms with Gasteiger partial charge >= 0.3 is 0 Å². The molecule has 2 rings (SSSR count). The van der Waals surface area contributed by atoms with E-state index in [1.54, 1.807) is 24.3 Å². The second-order valence-corrected chi connectivity index (χ2v) is 6.90. The summed E-state index contributed by atoms with van der Waals surface area (Å²) < 4.78 is 27.8. The van der Waals surface area contributed by atoms with E-state index in [4.69, 9.17) is 5.73 Å². The van der Waals surface area contributed by atoms with Crippen molar-refractivity contribution in [3.05, 3.63) is 52.5 Å². The second kappa shape index (κ2) is 5.85. The standard InChI is InChI=1S/C14H15BrN2O2S/c1-2-10-3-6-12(7-4-10)17-20(18,19)14-9-11(15)5-8-13(14)16/h3-9,17H,2,16H2,1H3. The number of hydrogen-bond acceptors (Lipinski definition) is 3. The van der Waals surface area contributed by atoms with Gasteiger partial charge < -0.3 is 5.73 Å². The summed E-state index contributed by atoms with van der Waals surface area (Å²) >= 11 is 3.25. The Labute approximate surface area is 127 Å². The van der Waals surface area contributed by atoms with Crippen molar-refractivity contribution in [2.24, 2.45) is 0 Å². The van der Waals surface area contributed by atoms with Gasteiger partial charge in [-0.15, -0.1) is 0 Å². The molecule has 106 valence electrons. The highest BCUT2D eigenvalue weighted by atomic mass is 79.9. The molecule has 3 N–H and O–H groups in total. The topological polar surface area (TPSA) is 72.2 Å². The zero-order valence-corrected chi connectivity index (χ0v) is 13.3. The molecule has 0 unspecified atom stereocenters. The van der Waals surface area contributed by atoms with E-state index < -0.39 is 10.0 Å². The van der Waals surface area contributed by atoms with Crippen molar-refractivity contribution in [3.63, 3.8) is 0 Å². The summed E-state index contributed by atoms with van der Waals surface area (Å²) in [6.07, 6.45) is 0.908. The lowest BCUT2D eigenvalue weighted by molar-refractivity contribution is 0.601. The van der Waals surface area contributed by atoms with E-state index >= 15 is 0 Å². The predicted octanol–water partition coefficient (Wildman–Crippen LogP) is 3.39. The first-order chi connectivity index (χ1) is 9.42. The fourth-order valence-corrected chi connectivity index (χ4v) is 3.49. The first-order valence-electron chi connectivity index (χ1n) is 6.09. The number of sulfonamides is 1. The summed E-state index contributed by atoms with van der Waals surface area (Å²) in [6, 6.07) is 12.0. The third kappa shape index (κ3) is 3.32.